The molecule has 0 amide bonds. The molecule has 0 saturated heterocycles. The maximum absolute atomic E-state index is 5.46. The van der Waals surface area contributed by atoms with Crippen molar-refractivity contribution in [3.8, 4) is 0 Å². The molecule has 0 aliphatic heterocycles. The van der Waals surface area contributed by atoms with Gasteiger partial charge in [-0.15, -0.1) is 0 Å². The highest BCUT2D eigenvalue weighted by molar-refractivity contribution is 5.57. The standard InChI is InChI=1S/C14H20N6/c1-4-20(8-12-7-5-6-10(2)18-12)14-11(3)13(19-15)16-9-17-14/h5-7,9H,4,8,15H2,1-3H3,(H,16,17,19). The van der Waals surface area contributed by atoms with Crippen LogP contribution in [0, 0.1) is 13.8 Å². The van der Waals surface area contributed by atoms with Crippen molar-refractivity contribution in [2.75, 3.05) is 16.9 Å². The van der Waals surface area contributed by atoms with Crippen LogP contribution in [0.2, 0.25) is 0 Å². The molecule has 2 aromatic rings. The van der Waals surface area contributed by atoms with Crippen molar-refractivity contribution >= 4 is 11.6 Å². The van der Waals surface area contributed by atoms with Gasteiger partial charge in [0.25, 0.3) is 0 Å². The van der Waals surface area contributed by atoms with Gasteiger partial charge < -0.3 is 10.3 Å². The maximum Gasteiger partial charge on any atom is 0.148 e. The van der Waals surface area contributed by atoms with Gasteiger partial charge in [0.15, 0.2) is 0 Å². The molecule has 6 heteroatoms. The molecule has 0 spiro atoms. The average Bonchev–Trinajstić information content (AvgIpc) is 2.45. The summed E-state index contributed by atoms with van der Waals surface area (Å²) in [5.74, 6) is 6.98. The maximum atomic E-state index is 5.46. The van der Waals surface area contributed by atoms with E-state index < -0.39 is 0 Å². The van der Waals surface area contributed by atoms with Gasteiger partial charge in [-0.05, 0) is 32.9 Å². The van der Waals surface area contributed by atoms with Crippen molar-refractivity contribution in [3.05, 3.63) is 41.5 Å². The summed E-state index contributed by atoms with van der Waals surface area (Å²) in [6.07, 6.45) is 1.52. The van der Waals surface area contributed by atoms with Gasteiger partial charge in [0, 0.05) is 17.8 Å². The third-order valence-corrected chi connectivity index (χ3v) is 3.17. The van der Waals surface area contributed by atoms with Crippen molar-refractivity contribution in [3.63, 3.8) is 0 Å². The molecule has 0 atom stereocenters. The fourth-order valence-electron chi connectivity index (χ4n) is 2.12. The lowest BCUT2D eigenvalue weighted by atomic mass is 10.2. The molecular formula is C14H20N6. The molecule has 2 rings (SSSR count). The summed E-state index contributed by atoms with van der Waals surface area (Å²) < 4.78 is 0. The second-order valence-corrected chi connectivity index (χ2v) is 4.60. The van der Waals surface area contributed by atoms with Crippen molar-refractivity contribution < 1.29 is 0 Å². The van der Waals surface area contributed by atoms with E-state index in [0.29, 0.717) is 12.4 Å². The molecule has 0 aliphatic carbocycles. The Bertz CT molecular complexity index is 584. The van der Waals surface area contributed by atoms with E-state index in [1.54, 1.807) is 0 Å². The van der Waals surface area contributed by atoms with Crippen molar-refractivity contribution in [2.45, 2.75) is 27.3 Å². The second kappa shape index (κ2) is 6.29. The highest BCUT2D eigenvalue weighted by Gasteiger charge is 2.13. The van der Waals surface area contributed by atoms with Gasteiger partial charge in [0.2, 0.25) is 0 Å². The fourth-order valence-corrected chi connectivity index (χ4v) is 2.12. The quantitative estimate of drug-likeness (QED) is 0.638. The number of hydrogen-bond acceptors (Lipinski definition) is 6. The number of pyridine rings is 1. The molecule has 0 fully saturated rings. The number of rotatable bonds is 5. The van der Waals surface area contributed by atoms with Gasteiger partial charge in [-0.25, -0.2) is 15.8 Å². The predicted molar refractivity (Wildman–Crippen MR) is 80.3 cm³/mol. The summed E-state index contributed by atoms with van der Waals surface area (Å²) in [4.78, 5) is 15.2. The van der Waals surface area contributed by atoms with Gasteiger partial charge in [0.1, 0.15) is 18.0 Å². The van der Waals surface area contributed by atoms with Gasteiger partial charge >= 0.3 is 0 Å². The number of hydrogen-bond donors (Lipinski definition) is 2. The van der Waals surface area contributed by atoms with Crippen LogP contribution in [-0.2, 0) is 6.54 Å². The highest BCUT2D eigenvalue weighted by atomic mass is 15.3. The topological polar surface area (TPSA) is 80.0 Å². The monoisotopic (exact) mass is 272 g/mol. The van der Waals surface area contributed by atoms with E-state index in [4.69, 9.17) is 5.84 Å². The Labute approximate surface area is 119 Å². The number of nitrogens with two attached hydrogens (primary N) is 1. The number of nitrogens with zero attached hydrogens (tertiary/aromatic N) is 4. The van der Waals surface area contributed by atoms with E-state index in [-0.39, 0.29) is 0 Å². The summed E-state index contributed by atoms with van der Waals surface area (Å²) in [5, 5.41) is 0. The van der Waals surface area contributed by atoms with E-state index in [0.717, 1.165) is 29.3 Å². The van der Waals surface area contributed by atoms with Crippen molar-refractivity contribution in [1.29, 1.82) is 0 Å². The first-order valence-corrected chi connectivity index (χ1v) is 6.61. The number of nitrogens with one attached hydrogen (secondary N) is 1. The largest absolute Gasteiger partial charge is 0.351 e. The van der Waals surface area contributed by atoms with Crippen LogP contribution in [-0.4, -0.2) is 21.5 Å². The van der Waals surface area contributed by atoms with Gasteiger partial charge in [-0.2, -0.15) is 0 Å². The Morgan fingerprint density at radius 2 is 2.05 bits per heavy atom. The van der Waals surface area contributed by atoms with E-state index >= 15 is 0 Å². The van der Waals surface area contributed by atoms with Crippen molar-refractivity contribution in [1.82, 2.24) is 15.0 Å². The molecule has 2 heterocycles. The smallest absolute Gasteiger partial charge is 0.148 e. The molecule has 3 N–H and O–H groups in total. The Morgan fingerprint density at radius 3 is 2.70 bits per heavy atom. The van der Waals surface area contributed by atoms with E-state index in [1.165, 1.54) is 6.33 Å². The molecule has 2 aromatic heterocycles. The third-order valence-electron chi connectivity index (χ3n) is 3.17. The van der Waals surface area contributed by atoms with Crippen LogP contribution < -0.4 is 16.2 Å². The van der Waals surface area contributed by atoms with E-state index in [1.807, 2.05) is 32.0 Å². The Hall–Kier alpha value is -2.21. The number of aromatic nitrogens is 3. The Balaban J connectivity index is 2.29. The number of nitrogen functional groups attached to an aromatic ring is 1. The highest BCUT2D eigenvalue weighted by Crippen LogP contribution is 2.22. The SMILES string of the molecule is CCN(Cc1cccc(C)n1)c1ncnc(NN)c1C. The third kappa shape index (κ3) is 3.03. The molecular weight excluding hydrogens is 252 g/mol. The zero-order valence-corrected chi connectivity index (χ0v) is 12.1. The van der Waals surface area contributed by atoms with Crippen LogP contribution in [0.3, 0.4) is 0 Å². The van der Waals surface area contributed by atoms with E-state index in [9.17, 15) is 0 Å². The molecule has 0 aliphatic rings. The van der Waals surface area contributed by atoms with Crippen LogP contribution in [0.15, 0.2) is 24.5 Å². The van der Waals surface area contributed by atoms with Gasteiger partial charge in [-0.3, -0.25) is 4.98 Å². The first-order chi connectivity index (χ1) is 9.65. The molecule has 106 valence electrons. The minimum absolute atomic E-state index is 0.644. The van der Waals surface area contributed by atoms with E-state index in [2.05, 4.69) is 32.2 Å². The normalized spacial score (nSPS) is 10.4. The lowest BCUT2D eigenvalue weighted by Gasteiger charge is -2.24. The van der Waals surface area contributed by atoms with Crippen LogP contribution in [0.5, 0.6) is 0 Å². The zero-order valence-electron chi connectivity index (χ0n) is 12.1. The van der Waals surface area contributed by atoms with Crippen LogP contribution in [0.4, 0.5) is 11.6 Å². The molecule has 6 nitrogen and oxygen atoms in total. The van der Waals surface area contributed by atoms with Crippen LogP contribution in [0.1, 0.15) is 23.9 Å². The molecule has 0 saturated carbocycles. The first kappa shape index (κ1) is 14.2. The molecule has 20 heavy (non-hydrogen) atoms. The molecule has 0 aromatic carbocycles. The first-order valence-electron chi connectivity index (χ1n) is 6.61. The number of anilines is 2. The summed E-state index contributed by atoms with van der Waals surface area (Å²) in [5.41, 5.74) is 5.57. The minimum Gasteiger partial charge on any atom is -0.351 e. The second-order valence-electron chi connectivity index (χ2n) is 4.60. The zero-order chi connectivity index (χ0) is 14.5. The molecule has 0 radical (unpaired) electrons. The Kier molecular flexibility index (Phi) is 4.47. The summed E-state index contributed by atoms with van der Waals surface area (Å²) >= 11 is 0. The van der Waals surface area contributed by atoms with Crippen molar-refractivity contribution in [2.24, 2.45) is 5.84 Å². The summed E-state index contributed by atoms with van der Waals surface area (Å²) in [7, 11) is 0. The van der Waals surface area contributed by atoms with Gasteiger partial charge in [0.05, 0.1) is 12.2 Å². The number of aryl methyl sites for hydroxylation is 1. The summed E-state index contributed by atoms with van der Waals surface area (Å²) in [6, 6.07) is 6.03. The fraction of sp³-hybridized carbons (Fsp3) is 0.357. The predicted octanol–water partition coefficient (Wildman–Crippen LogP) is 1.80. The molecule has 0 unspecified atom stereocenters. The number of hydrazine groups is 1. The van der Waals surface area contributed by atoms with Gasteiger partial charge in [-0.1, -0.05) is 6.07 Å². The van der Waals surface area contributed by atoms with Crippen LogP contribution >= 0.6 is 0 Å². The average molecular weight is 272 g/mol. The lowest BCUT2D eigenvalue weighted by molar-refractivity contribution is 0.783. The summed E-state index contributed by atoms with van der Waals surface area (Å²) in [6.45, 7) is 7.58. The lowest BCUT2D eigenvalue weighted by Crippen LogP contribution is -2.25. The minimum atomic E-state index is 0.644. The Morgan fingerprint density at radius 1 is 1.25 bits per heavy atom. The molecule has 0 bridgehead atoms. The van der Waals surface area contributed by atoms with Crippen LogP contribution in [0.25, 0.3) is 0 Å².